The van der Waals surface area contributed by atoms with Gasteiger partial charge in [-0.05, 0) is 5.41 Å². The molecule has 0 aromatic rings. The van der Waals surface area contributed by atoms with E-state index in [9.17, 15) is 4.79 Å². The van der Waals surface area contributed by atoms with Gasteiger partial charge in [-0.15, -0.1) is 0 Å². The maximum absolute atomic E-state index is 11.3. The molecular formula is C10H22N2O3. The van der Waals surface area contributed by atoms with E-state index in [1.54, 1.807) is 7.11 Å². The van der Waals surface area contributed by atoms with Gasteiger partial charge in [0.05, 0.1) is 13.2 Å². The number of hydroxylamine groups is 1. The molecule has 0 rings (SSSR count). The number of nitrogens with two attached hydrogens (primary N) is 1. The molecule has 0 aliphatic heterocycles. The van der Waals surface area contributed by atoms with E-state index in [0.717, 1.165) is 0 Å². The molecule has 0 aliphatic rings. The molecule has 15 heavy (non-hydrogen) atoms. The Morgan fingerprint density at radius 2 is 2.00 bits per heavy atom. The van der Waals surface area contributed by atoms with Crippen LogP contribution in [0.4, 0.5) is 0 Å². The van der Waals surface area contributed by atoms with Crippen molar-refractivity contribution in [3.63, 3.8) is 0 Å². The molecular weight excluding hydrogens is 196 g/mol. The number of hydrogen-bond acceptors (Lipinski definition) is 4. The summed E-state index contributed by atoms with van der Waals surface area (Å²) in [6.45, 7) is 6.78. The first-order valence-corrected chi connectivity index (χ1v) is 5.03. The summed E-state index contributed by atoms with van der Waals surface area (Å²) in [6, 6.07) is -0.177. The smallest absolute Gasteiger partial charge is 0.245 e. The summed E-state index contributed by atoms with van der Waals surface area (Å²) in [5.41, 5.74) is 8.08. The van der Waals surface area contributed by atoms with Crippen LogP contribution in [-0.2, 0) is 14.4 Å². The molecule has 3 N–H and O–H groups in total. The standard InChI is InChI=1S/C10H22N2O3/c1-10(2,3)8(11)7-9(13)12-15-6-5-14-4/h8H,5-7,11H2,1-4H3,(H,12,13). The fourth-order valence-electron chi connectivity index (χ4n) is 0.804. The lowest BCUT2D eigenvalue weighted by Gasteiger charge is -2.26. The van der Waals surface area contributed by atoms with Crippen LogP contribution in [0.15, 0.2) is 0 Å². The summed E-state index contributed by atoms with van der Waals surface area (Å²) in [4.78, 5) is 16.2. The maximum Gasteiger partial charge on any atom is 0.245 e. The zero-order valence-corrected chi connectivity index (χ0v) is 10.0. The van der Waals surface area contributed by atoms with E-state index in [4.69, 9.17) is 15.3 Å². The van der Waals surface area contributed by atoms with Crippen molar-refractivity contribution in [2.45, 2.75) is 33.2 Å². The topological polar surface area (TPSA) is 73.6 Å². The van der Waals surface area contributed by atoms with Crippen molar-refractivity contribution >= 4 is 5.91 Å². The Hall–Kier alpha value is -0.650. The van der Waals surface area contributed by atoms with Crippen molar-refractivity contribution in [1.29, 1.82) is 0 Å². The highest BCUT2D eigenvalue weighted by Gasteiger charge is 2.23. The lowest BCUT2D eigenvalue weighted by Crippen LogP contribution is -2.40. The Morgan fingerprint density at radius 1 is 1.40 bits per heavy atom. The summed E-state index contributed by atoms with van der Waals surface area (Å²) < 4.78 is 4.76. The Balaban J connectivity index is 3.65. The molecule has 0 saturated heterocycles. The molecule has 0 aromatic carbocycles. The van der Waals surface area contributed by atoms with E-state index in [1.807, 2.05) is 20.8 Å². The van der Waals surface area contributed by atoms with Crippen LogP contribution in [0.3, 0.4) is 0 Å². The van der Waals surface area contributed by atoms with Crippen LogP contribution in [0.25, 0.3) is 0 Å². The molecule has 0 heterocycles. The lowest BCUT2D eigenvalue weighted by molar-refractivity contribution is -0.135. The Kier molecular flexibility index (Phi) is 6.47. The van der Waals surface area contributed by atoms with Crippen LogP contribution < -0.4 is 11.2 Å². The van der Waals surface area contributed by atoms with Crippen molar-refractivity contribution in [3.8, 4) is 0 Å². The predicted octanol–water partition coefficient (Wildman–Crippen LogP) is 0.444. The molecule has 0 bridgehead atoms. The van der Waals surface area contributed by atoms with E-state index < -0.39 is 0 Å². The lowest BCUT2D eigenvalue weighted by atomic mass is 9.85. The van der Waals surface area contributed by atoms with Gasteiger partial charge in [0.25, 0.3) is 0 Å². The number of methoxy groups -OCH3 is 1. The van der Waals surface area contributed by atoms with E-state index >= 15 is 0 Å². The summed E-state index contributed by atoms with van der Waals surface area (Å²) in [6.07, 6.45) is 0.260. The van der Waals surface area contributed by atoms with Crippen molar-refractivity contribution in [2.24, 2.45) is 11.1 Å². The molecule has 1 atom stereocenters. The van der Waals surface area contributed by atoms with Gasteiger partial charge < -0.3 is 10.5 Å². The normalized spacial score (nSPS) is 13.7. The zero-order chi connectivity index (χ0) is 11.9. The van der Waals surface area contributed by atoms with Crippen LogP contribution in [0.1, 0.15) is 27.2 Å². The molecule has 5 nitrogen and oxygen atoms in total. The Bertz CT molecular complexity index is 190. The quantitative estimate of drug-likeness (QED) is 0.501. The average molecular weight is 218 g/mol. The number of carbonyl (C=O) groups excluding carboxylic acids is 1. The molecule has 0 radical (unpaired) electrons. The highest BCUT2D eigenvalue weighted by molar-refractivity contribution is 5.75. The molecule has 0 spiro atoms. The third kappa shape index (κ3) is 7.30. The van der Waals surface area contributed by atoms with Gasteiger partial charge in [-0.3, -0.25) is 9.63 Å². The van der Waals surface area contributed by atoms with Gasteiger partial charge in [0.15, 0.2) is 0 Å². The molecule has 1 amide bonds. The molecule has 90 valence electrons. The summed E-state index contributed by atoms with van der Waals surface area (Å²) in [7, 11) is 1.57. The van der Waals surface area contributed by atoms with Gasteiger partial charge in [-0.1, -0.05) is 20.8 Å². The molecule has 0 fully saturated rings. The van der Waals surface area contributed by atoms with Gasteiger partial charge in [0.2, 0.25) is 5.91 Å². The molecule has 0 saturated carbocycles. The molecule has 5 heteroatoms. The van der Waals surface area contributed by atoms with Crippen LogP contribution >= 0.6 is 0 Å². The van der Waals surface area contributed by atoms with Crippen LogP contribution in [-0.4, -0.2) is 32.3 Å². The summed E-state index contributed by atoms with van der Waals surface area (Å²) in [5, 5.41) is 0. The first kappa shape index (κ1) is 14.3. The Morgan fingerprint density at radius 3 is 2.47 bits per heavy atom. The highest BCUT2D eigenvalue weighted by Crippen LogP contribution is 2.19. The minimum atomic E-state index is -0.200. The Labute approximate surface area is 91.3 Å². The van der Waals surface area contributed by atoms with Crippen LogP contribution in [0.2, 0.25) is 0 Å². The number of hydrogen-bond donors (Lipinski definition) is 2. The first-order chi connectivity index (χ1) is 6.88. The third-order valence-corrected chi connectivity index (χ3v) is 2.09. The maximum atomic E-state index is 11.3. The monoisotopic (exact) mass is 218 g/mol. The minimum Gasteiger partial charge on any atom is -0.382 e. The number of carbonyl (C=O) groups is 1. The number of rotatable bonds is 6. The van der Waals surface area contributed by atoms with Crippen molar-refractivity contribution < 1.29 is 14.4 Å². The molecule has 0 aromatic heterocycles. The average Bonchev–Trinajstić information content (AvgIpc) is 2.11. The van der Waals surface area contributed by atoms with E-state index in [1.165, 1.54) is 0 Å². The number of amides is 1. The largest absolute Gasteiger partial charge is 0.382 e. The van der Waals surface area contributed by atoms with E-state index in [-0.39, 0.29) is 23.8 Å². The SMILES string of the molecule is COCCONC(=O)CC(N)C(C)(C)C. The predicted molar refractivity (Wildman–Crippen MR) is 58.0 cm³/mol. The van der Waals surface area contributed by atoms with Gasteiger partial charge in [0.1, 0.15) is 0 Å². The second-order valence-electron chi connectivity index (χ2n) is 4.54. The number of ether oxygens (including phenoxy) is 1. The highest BCUT2D eigenvalue weighted by atomic mass is 16.7. The minimum absolute atomic E-state index is 0.0795. The summed E-state index contributed by atoms with van der Waals surface area (Å²) in [5.74, 6) is -0.200. The van der Waals surface area contributed by atoms with Crippen LogP contribution in [0.5, 0.6) is 0 Å². The van der Waals surface area contributed by atoms with Gasteiger partial charge >= 0.3 is 0 Å². The third-order valence-electron chi connectivity index (χ3n) is 2.09. The molecule has 0 aliphatic carbocycles. The van der Waals surface area contributed by atoms with Crippen molar-refractivity contribution in [1.82, 2.24) is 5.48 Å². The van der Waals surface area contributed by atoms with Crippen LogP contribution in [0, 0.1) is 5.41 Å². The zero-order valence-electron chi connectivity index (χ0n) is 10.0. The van der Waals surface area contributed by atoms with Gasteiger partial charge in [-0.2, -0.15) is 0 Å². The van der Waals surface area contributed by atoms with Crippen molar-refractivity contribution in [2.75, 3.05) is 20.3 Å². The first-order valence-electron chi connectivity index (χ1n) is 5.03. The van der Waals surface area contributed by atoms with Gasteiger partial charge in [0, 0.05) is 19.6 Å². The molecule has 1 unspecified atom stereocenters. The summed E-state index contributed by atoms with van der Waals surface area (Å²) >= 11 is 0. The van der Waals surface area contributed by atoms with Gasteiger partial charge in [-0.25, -0.2) is 5.48 Å². The van der Waals surface area contributed by atoms with Crippen molar-refractivity contribution in [3.05, 3.63) is 0 Å². The second kappa shape index (κ2) is 6.76. The second-order valence-corrected chi connectivity index (χ2v) is 4.54. The number of nitrogens with one attached hydrogen (secondary N) is 1. The fourth-order valence-corrected chi connectivity index (χ4v) is 0.804. The van der Waals surface area contributed by atoms with E-state index in [2.05, 4.69) is 5.48 Å². The van der Waals surface area contributed by atoms with E-state index in [0.29, 0.717) is 13.2 Å². The fraction of sp³-hybridized carbons (Fsp3) is 0.900.